The van der Waals surface area contributed by atoms with Gasteiger partial charge in [-0.25, -0.2) is 4.39 Å². The SMILES string of the molecule is Cc1nn(Cc2cccc(C(F)(F)F)c2)c(C)c1NC(=O)c1ccccc1F. The van der Waals surface area contributed by atoms with Gasteiger partial charge < -0.3 is 5.32 Å². The molecule has 2 aromatic carbocycles. The molecule has 1 amide bonds. The number of halogens is 4. The quantitative estimate of drug-likeness (QED) is 0.639. The number of anilines is 1. The van der Waals surface area contributed by atoms with Gasteiger partial charge in [0.05, 0.1) is 34.7 Å². The third kappa shape index (κ3) is 4.05. The predicted octanol–water partition coefficient (Wildman–Crippen LogP) is 4.96. The zero-order valence-corrected chi connectivity index (χ0v) is 15.1. The van der Waals surface area contributed by atoms with Crippen molar-refractivity contribution in [2.45, 2.75) is 26.6 Å². The number of carbonyl (C=O) groups excluding carboxylic acids is 1. The fraction of sp³-hybridized carbons (Fsp3) is 0.200. The average Bonchev–Trinajstić information content (AvgIpc) is 2.89. The van der Waals surface area contributed by atoms with Crippen LogP contribution in [0.1, 0.15) is 32.9 Å². The molecule has 0 atom stereocenters. The number of nitrogens with one attached hydrogen (secondary N) is 1. The number of aryl methyl sites for hydroxylation is 1. The van der Waals surface area contributed by atoms with Crippen molar-refractivity contribution in [1.29, 1.82) is 0 Å². The Labute approximate surface area is 158 Å². The van der Waals surface area contributed by atoms with E-state index >= 15 is 0 Å². The van der Waals surface area contributed by atoms with Gasteiger partial charge >= 0.3 is 6.18 Å². The Balaban J connectivity index is 1.85. The largest absolute Gasteiger partial charge is 0.416 e. The summed E-state index contributed by atoms with van der Waals surface area (Å²) < 4.78 is 54.0. The second kappa shape index (κ2) is 7.46. The smallest absolute Gasteiger partial charge is 0.319 e. The van der Waals surface area contributed by atoms with Crippen LogP contribution in [0.3, 0.4) is 0 Å². The summed E-state index contributed by atoms with van der Waals surface area (Å²) in [6.45, 7) is 3.45. The van der Waals surface area contributed by atoms with E-state index in [0.717, 1.165) is 12.1 Å². The van der Waals surface area contributed by atoms with Gasteiger partial charge in [-0.3, -0.25) is 9.48 Å². The molecule has 1 aromatic heterocycles. The van der Waals surface area contributed by atoms with Crippen LogP contribution in [0.2, 0.25) is 0 Å². The van der Waals surface area contributed by atoms with Crippen molar-refractivity contribution in [2.75, 3.05) is 5.32 Å². The lowest BCUT2D eigenvalue weighted by Crippen LogP contribution is -2.15. The van der Waals surface area contributed by atoms with E-state index in [-0.39, 0.29) is 12.1 Å². The van der Waals surface area contributed by atoms with Gasteiger partial charge in [0.15, 0.2) is 0 Å². The number of carbonyl (C=O) groups is 1. The van der Waals surface area contributed by atoms with Crippen molar-refractivity contribution >= 4 is 11.6 Å². The Morgan fingerprint density at radius 1 is 1.11 bits per heavy atom. The number of nitrogens with zero attached hydrogens (tertiary/aromatic N) is 2. The molecule has 3 aromatic rings. The second-order valence-corrected chi connectivity index (χ2v) is 6.34. The summed E-state index contributed by atoms with van der Waals surface area (Å²) in [7, 11) is 0. The van der Waals surface area contributed by atoms with Gasteiger partial charge in [0.25, 0.3) is 5.91 Å². The minimum absolute atomic E-state index is 0.103. The van der Waals surface area contributed by atoms with Gasteiger partial charge in [0.1, 0.15) is 5.82 Å². The first-order chi connectivity index (χ1) is 13.2. The first kappa shape index (κ1) is 19.6. The van der Waals surface area contributed by atoms with Crippen LogP contribution in [0.5, 0.6) is 0 Å². The van der Waals surface area contributed by atoms with Gasteiger partial charge in [-0.15, -0.1) is 0 Å². The summed E-state index contributed by atoms with van der Waals surface area (Å²) in [6, 6.07) is 10.6. The number of alkyl halides is 3. The molecule has 0 radical (unpaired) electrons. The highest BCUT2D eigenvalue weighted by atomic mass is 19.4. The molecule has 3 rings (SSSR count). The number of rotatable bonds is 4. The zero-order chi connectivity index (χ0) is 20.5. The van der Waals surface area contributed by atoms with E-state index in [9.17, 15) is 22.4 Å². The van der Waals surface area contributed by atoms with E-state index in [1.807, 2.05) is 0 Å². The maximum atomic E-state index is 13.8. The van der Waals surface area contributed by atoms with E-state index < -0.39 is 23.5 Å². The van der Waals surface area contributed by atoms with Gasteiger partial charge in [-0.2, -0.15) is 18.3 Å². The molecule has 0 fully saturated rings. The Morgan fingerprint density at radius 3 is 2.50 bits per heavy atom. The molecule has 0 aliphatic carbocycles. The first-order valence-electron chi connectivity index (χ1n) is 8.43. The summed E-state index contributed by atoms with van der Waals surface area (Å²) in [5.74, 6) is -1.27. The van der Waals surface area contributed by atoms with Crippen LogP contribution in [0.25, 0.3) is 0 Å². The standard InChI is InChI=1S/C20H17F4N3O/c1-12-18(25-19(28)16-8-3-4-9-17(16)21)13(2)27(26-12)11-14-6-5-7-15(10-14)20(22,23)24/h3-10H,11H2,1-2H3,(H,25,28). The summed E-state index contributed by atoms with van der Waals surface area (Å²) in [4.78, 5) is 12.3. The zero-order valence-electron chi connectivity index (χ0n) is 15.1. The number of aromatic nitrogens is 2. The number of hydrogen-bond donors (Lipinski definition) is 1. The molecular formula is C20H17F4N3O. The van der Waals surface area contributed by atoms with Gasteiger partial charge in [-0.1, -0.05) is 24.3 Å². The molecule has 0 saturated heterocycles. The molecule has 0 spiro atoms. The summed E-state index contributed by atoms with van der Waals surface area (Å²) in [5.41, 5.74) is 1.02. The maximum Gasteiger partial charge on any atom is 0.416 e. The van der Waals surface area contributed by atoms with E-state index in [1.165, 1.54) is 28.9 Å². The van der Waals surface area contributed by atoms with Gasteiger partial charge in [-0.05, 0) is 43.7 Å². The Kier molecular flexibility index (Phi) is 5.22. The van der Waals surface area contributed by atoms with Crippen molar-refractivity contribution in [3.05, 3.63) is 82.4 Å². The molecule has 146 valence electrons. The average molecular weight is 391 g/mol. The molecule has 0 saturated carbocycles. The maximum absolute atomic E-state index is 13.8. The highest BCUT2D eigenvalue weighted by molar-refractivity contribution is 6.05. The van der Waals surface area contributed by atoms with Crippen LogP contribution >= 0.6 is 0 Å². The lowest BCUT2D eigenvalue weighted by atomic mass is 10.1. The topological polar surface area (TPSA) is 46.9 Å². The molecule has 28 heavy (non-hydrogen) atoms. The normalized spacial score (nSPS) is 11.5. The molecule has 0 bridgehead atoms. The molecule has 0 aliphatic heterocycles. The summed E-state index contributed by atoms with van der Waals surface area (Å²) in [6.07, 6.45) is -4.43. The molecule has 1 N–H and O–H groups in total. The minimum Gasteiger partial charge on any atom is -0.319 e. The van der Waals surface area contributed by atoms with Gasteiger partial charge in [0, 0.05) is 0 Å². The molecule has 8 heteroatoms. The van der Waals surface area contributed by atoms with Crippen LogP contribution < -0.4 is 5.32 Å². The van der Waals surface area contributed by atoms with Crippen LogP contribution in [0, 0.1) is 19.7 Å². The van der Waals surface area contributed by atoms with Crippen molar-refractivity contribution in [3.63, 3.8) is 0 Å². The summed E-state index contributed by atoms with van der Waals surface area (Å²) in [5, 5.41) is 6.93. The number of benzene rings is 2. The number of hydrogen-bond acceptors (Lipinski definition) is 2. The van der Waals surface area contributed by atoms with E-state index in [4.69, 9.17) is 0 Å². The minimum atomic E-state index is -4.43. The highest BCUT2D eigenvalue weighted by Gasteiger charge is 2.30. The highest BCUT2D eigenvalue weighted by Crippen LogP contribution is 2.30. The Bertz CT molecular complexity index is 1020. The van der Waals surface area contributed by atoms with E-state index in [1.54, 1.807) is 26.0 Å². The van der Waals surface area contributed by atoms with Crippen LogP contribution in [0.15, 0.2) is 48.5 Å². The molecule has 0 unspecified atom stereocenters. The predicted molar refractivity (Wildman–Crippen MR) is 96.6 cm³/mol. The summed E-state index contributed by atoms with van der Waals surface area (Å²) >= 11 is 0. The second-order valence-electron chi connectivity index (χ2n) is 6.34. The lowest BCUT2D eigenvalue weighted by molar-refractivity contribution is -0.137. The first-order valence-corrected chi connectivity index (χ1v) is 8.43. The van der Waals surface area contributed by atoms with Crippen molar-refractivity contribution in [2.24, 2.45) is 0 Å². The molecule has 0 aliphatic rings. The molecule has 1 heterocycles. The Hall–Kier alpha value is -3.16. The van der Waals surface area contributed by atoms with Crippen molar-refractivity contribution in [1.82, 2.24) is 9.78 Å². The third-order valence-corrected chi connectivity index (χ3v) is 4.33. The monoisotopic (exact) mass is 391 g/mol. The molecule has 4 nitrogen and oxygen atoms in total. The van der Waals surface area contributed by atoms with Crippen LogP contribution in [-0.2, 0) is 12.7 Å². The van der Waals surface area contributed by atoms with Crippen molar-refractivity contribution in [3.8, 4) is 0 Å². The molecular weight excluding hydrogens is 374 g/mol. The van der Waals surface area contributed by atoms with Crippen LogP contribution in [-0.4, -0.2) is 15.7 Å². The van der Waals surface area contributed by atoms with Gasteiger partial charge in [0.2, 0.25) is 0 Å². The number of amides is 1. The Morgan fingerprint density at radius 2 is 1.82 bits per heavy atom. The van der Waals surface area contributed by atoms with E-state index in [2.05, 4.69) is 10.4 Å². The van der Waals surface area contributed by atoms with Crippen molar-refractivity contribution < 1.29 is 22.4 Å². The third-order valence-electron chi connectivity index (χ3n) is 4.33. The fourth-order valence-electron chi connectivity index (χ4n) is 2.88. The fourth-order valence-corrected chi connectivity index (χ4v) is 2.88. The lowest BCUT2D eigenvalue weighted by Gasteiger charge is -2.10. The van der Waals surface area contributed by atoms with Crippen LogP contribution in [0.4, 0.5) is 23.2 Å². The van der Waals surface area contributed by atoms with E-state index in [0.29, 0.717) is 22.6 Å².